The summed E-state index contributed by atoms with van der Waals surface area (Å²) in [4.78, 5) is 1.99. The second-order valence-corrected chi connectivity index (χ2v) is 4.01. The molecule has 0 atom stereocenters. The molecule has 2 nitrogen and oxygen atoms in total. The van der Waals surface area contributed by atoms with Crippen LogP contribution in [0.4, 0.5) is 4.39 Å². The maximum atomic E-state index is 12.8. The molecule has 0 spiro atoms. The Morgan fingerprint density at radius 2 is 2.25 bits per heavy atom. The van der Waals surface area contributed by atoms with Crippen molar-refractivity contribution in [3.63, 3.8) is 0 Å². The largest absolute Gasteiger partial charge is 0.286 e. The van der Waals surface area contributed by atoms with E-state index in [2.05, 4.69) is 13.0 Å². The van der Waals surface area contributed by atoms with Gasteiger partial charge in [-0.25, -0.2) is 4.39 Å². The van der Waals surface area contributed by atoms with Crippen molar-refractivity contribution >= 4 is 11.6 Å². The monoisotopic (exact) mass is 240 g/mol. The van der Waals surface area contributed by atoms with Gasteiger partial charge in [0.05, 0.1) is 12.6 Å². The molecule has 0 unspecified atom stereocenters. The summed E-state index contributed by atoms with van der Waals surface area (Å²) in [5.74, 6) is -0.337. The molecule has 1 aromatic carbocycles. The zero-order chi connectivity index (χ0) is 12.0. The number of nitrogens with zero attached hydrogens (tertiary/aromatic N) is 2. The average Bonchev–Trinajstić information content (AvgIpc) is 2.23. The predicted molar refractivity (Wildman–Crippen MR) is 62.6 cm³/mol. The number of hydrogen-bond donors (Lipinski definition) is 0. The third-order valence-electron chi connectivity index (χ3n) is 2.24. The van der Waals surface area contributed by atoms with Crippen LogP contribution in [0.25, 0.3) is 0 Å². The van der Waals surface area contributed by atoms with Gasteiger partial charge in [0.2, 0.25) is 0 Å². The van der Waals surface area contributed by atoms with E-state index in [9.17, 15) is 4.39 Å². The molecule has 1 rings (SSSR count). The van der Waals surface area contributed by atoms with Gasteiger partial charge in [0.25, 0.3) is 0 Å². The van der Waals surface area contributed by atoms with Crippen LogP contribution >= 0.6 is 11.6 Å². The van der Waals surface area contributed by atoms with E-state index in [4.69, 9.17) is 16.9 Å². The number of hydrogen-bond acceptors (Lipinski definition) is 2. The van der Waals surface area contributed by atoms with Crippen molar-refractivity contribution in [2.75, 3.05) is 13.1 Å². The van der Waals surface area contributed by atoms with E-state index >= 15 is 0 Å². The lowest BCUT2D eigenvalue weighted by atomic mass is 10.2. The van der Waals surface area contributed by atoms with Gasteiger partial charge < -0.3 is 0 Å². The van der Waals surface area contributed by atoms with E-state index in [1.54, 1.807) is 6.07 Å². The molecule has 16 heavy (non-hydrogen) atoms. The van der Waals surface area contributed by atoms with E-state index in [-0.39, 0.29) is 5.82 Å². The van der Waals surface area contributed by atoms with E-state index in [0.717, 1.165) is 18.5 Å². The van der Waals surface area contributed by atoms with Crippen LogP contribution in [0.5, 0.6) is 0 Å². The molecule has 0 N–H and O–H groups in total. The van der Waals surface area contributed by atoms with Gasteiger partial charge in [-0.1, -0.05) is 24.6 Å². The summed E-state index contributed by atoms with van der Waals surface area (Å²) in [6.45, 7) is 3.83. The molecule has 4 heteroatoms. The van der Waals surface area contributed by atoms with Gasteiger partial charge in [-0.15, -0.1) is 0 Å². The molecule has 0 heterocycles. The van der Waals surface area contributed by atoms with Crippen LogP contribution in [-0.2, 0) is 6.54 Å². The van der Waals surface area contributed by atoms with Crippen molar-refractivity contribution in [3.05, 3.63) is 34.6 Å². The zero-order valence-corrected chi connectivity index (χ0v) is 9.97. The Bertz CT molecular complexity index is 387. The first-order chi connectivity index (χ1) is 7.67. The van der Waals surface area contributed by atoms with Crippen LogP contribution in [0.2, 0.25) is 5.02 Å². The number of rotatable bonds is 5. The quantitative estimate of drug-likeness (QED) is 0.739. The maximum absolute atomic E-state index is 12.8. The van der Waals surface area contributed by atoms with E-state index in [0.29, 0.717) is 18.1 Å². The lowest BCUT2D eigenvalue weighted by molar-refractivity contribution is 0.298. The van der Waals surface area contributed by atoms with Gasteiger partial charge in [0, 0.05) is 11.6 Å². The van der Waals surface area contributed by atoms with Gasteiger partial charge in [-0.05, 0) is 30.7 Å². The summed E-state index contributed by atoms with van der Waals surface area (Å²) in [5.41, 5.74) is 0.853. The molecular weight excluding hydrogens is 227 g/mol. The topological polar surface area (TPSA) is 27.0 Å². The first-order valence-electron chi connectivity index (χ1n) is 5.20. The van der Waals surface area contributed by atoms with Gasteiger partial charge in [0.15, 0.2) is 0 Å². The molecule has 0 saturated carbocycles. The summed E-state index contributed by atoms with van der Waals surface area (Å²) in [7, 11) is 0. The molecule has 0 aliphatic carbocycles. The lowest BCUT2D eigenvalue weighted by Crippen LogP contribution is -2.24. The van der Waals surface area contributed by atoms with Gasteiger partial charge >= 0.3 is 0 Å². The molecule has 86 valence electrons. The SMILES string of the molecule is CCCN(CC#N)Cc1ccc(F)cc1Cl. The minimum absolute atomic E-state index is 0.337. The molecule has 0 aliphatic heterocycles. The Labute approximate surface area is 100 Å². The van der Waals surface area contributed by atoms with Crippen LogP contribution in [-0.4, -0.2) is 18.0 Å². The number of benzene rings is 1. The standard InChI is InChI=1S/C12H14ClFN2/c1-2-6-16(7-5-15)9-10-3-4-11(14)8-12(10)13/h3-4,8H,2,6-7,9H2,1H3. The highest BCUT2D eigenvalue weighted by molar-refractivity contribution is 6.31. The lowest BCUT2D eigenvalue weighted by Gasteiger charge is -2.18. The van der Waals surface area contributed by atoms with Crippen molar-refractivity contribution in [3.8, 4) is 6.07 Å². The summed E-state index contributed by atoms with van der Waals surface area (Å²) in [6, 6.07) is 6.46. The molecule has 0 aliphatic rings. The average molecular weight is 241 g/mol. The minimum atomic E-state index is -0.337. The van der Waals surface area contributed by atoms with Crippen LogP contribution in [0.1, 0.15) is 18.9 Å². The fourth-order valence-electron chi connectivity index (χ4n) is 1.52. The first-order valence-corrected chi connectivity index (χ1v) is 5.58. The first kappa shape index (κ1) is 13.0. The molecular formula is C12H14ClFN2. The third-order valence-corrected chi connectivity index (χ3v) is 2.60. The van der Waals surface area contributed by atoms with Crippen molar-refractivity contribution < 1.29 is 4.39 Å². The Hall–Kier alpha value is -1.11. The summed E-state index contributed by atoms with van der Waals surface area (Å²) in [6.07, 6.45) is 0.973. The Morgan fingerprint density at radius 3 is 2.81 bits per heavy atom. The Morgan fingerprint density at radius 1 is 1.50 bits per heavy atom. The normalized spacial score (nSPS) is 10.4. The Kier molecular flexibility index (Phi) is 5.24. The summed E-state index contributed by atoms with van der Waals surface area (Å²) < 4.78 is 12.8. The fourth-order valence-corrected chi connectivity index (χ4v) is 1.75. The fraction of sp³-hybridized carbons (Fsp3) is 0.417. The number of nitriles is 1. The van der Waals surface area contributed by atoms with Crippen molar-refractivity contribution in [1.82, 2.24) is 4.90 Å². The van der Waals surface area contributed by atoms with Crippen LogP contribution < -0.4 is 0 Å². The molecule has 0 amide bonds. The predicted octanol–water partition coefficient (Wildman–Crippen LogP) is 3.21. The van der Waals surface area contributed by atoms with Gasteiger partial charge in [-0.3, -0.25) is 4.90 Å². The van der Waals surface area contributed by atoms with Crippen molar-refractivity contribution in [2.24, 2.45) is 0 Å². The van der Waals surface area contributed by atoms with Crippen molar-refractivity contribution in [2.45, 2.75) is 19.9 Å². The Balaban J connectivity index is 2.73. The molecule has 0 saturated heterocycles. The van der Waals surface area contributed by atoms with E-state index in [1.807, 2.05) is 4.90 Å². The van der Waals surface area contributed by atoms with Gasteiger partial charge in [0.1, 0.15) is 5.82 Å². The molecule has 0 fully saturated rings. The highest BCUT2D eigenvalue weighted by atomic mass is 35.5. The third kappa shape index (κ3) is 3.80. The van der Waals surface area contributed by atoms with Crippen LogP contribution in [0.15, 0.2) is 18.2 Å². The summed E-state index contributed by atoms with van der Waals surface area (Å²) in [5, 5.41) is 9.09. The van der Waals surface area contributed by atoms with Crippen LogP contribution in [0.3, 0.4) is 0 Å². The molecule has 0 bridgehead atoms. The van der Waals surface area contributed by atoms with E-state index < -0.39 is 0 Å². The molecule has 1 aromatic rings. The number of halogens is 2. The smallest absolute Gasteiger partial charge is 0.124 e. The highest BCUT2D eigenvalue weighted by Gasteiger charge is 2.08. The summed E-state index contributed by atoms with van der Waals surface area (Å²) >= 11 is 5.92. The van der Waals surface area contributed by atoms with E-state index in [1.165, 1.54) is 12.1 Å². The zero-order valence-electron chi connectivity index (χ0n) is 9.21. The second-order valence-electron chi connectivity index (χ2n) is 3.60. The maximum Gasteiger partial charge on any atom is 0.124 e. The minimum Gasteiger partial charge on any atom is -0.286 e. The second kappa shape index (κ2) is 6.47. The molecule has 0 aromatic heterocycles. The van der Waals surface area contributed by atoms with Crippen LogP contribution in [0, 0.1) is 17.1 Å². The highest BCUT2D eigenvalue weighted by Crippen LogP contribution is 2.18. The van der Waals surface area contributed by atoms with Crippen molar-refractivity contribution in [1.29, 1.82) is 5.26 Å². The van der Waals surface area contributed by atoms with Gasteiger partial charge in [-0.2, -0.15) is 5.26 Å². The molecule has 0 radical (unpaired) electrons.